The lowest BCUT2D eigenvalue weighted by Gasteiger charge is -2.14. The van der Waals surface area contributed by atoms with Crippen molar-refractivity contribution in [2.24, 2.45) is 0 Å². The molecule has 0 saturated heterocycles. The van der Waals surface area contributed by atoms with Crippen LogP contribution in [0.5, 0.6) is 11.5 Å². The van der Waals surface area contributed by atoms with Gasteiger partial charge in [0.2, 0.25) is 0 Å². The van der Waals surface area contributed by atoms with Crippen LogP contribution in [0.25, 0.3) is 10.8 Å². The topological polar surface area (TPSA) is 133 Å². The molecule has 2 aromatic carbocycles. The molecule has 0 spiro atoms. The van der Waals surface area contributed by atoms with E-state index in [0.29, 0.717) is 0 Å². The first-order chi connectivity index (χ1) is 13.8. The fourth-order valence-corrected chi connectivity index (χ4v) is 2.34. The molecule has 2 rings (SSSR count). The van der Waals surface area contributed by atoms with E-state index in [2.05, 4.69) is 16.1 Å². The van der Waals surface area contributed by atoms with E-state index in [4.69, 9.17) is 9.29 Å². The molecule has 0 radical (unpaired) electrons. The van der Waals surface area contributed by atoms with Gasteiger partial charge in [0.05, 0.1) is 0 Å². The highest BCUT2D eigenvalue weighted by molar-refractivity contribution is 7.87. The second-order valence-electron chi connectivity index (χ2n) is 5.82. The zero-order valence-corrected chi connectivity index (χ0v) is 16.1. The summed E-state index contributed by atoms with van der Waals surface area (Å²) >= 11 is 0. The minimum Gasteiger partial charge on any atom is -0.450 e. The molecule has 0 aliphatic carbocycles. The number of fused-ring (bicyclic) bond motifs is 1. The van der Waals surface area contributed by atoms with Gasteiger partial charge in [0, 0.05) is 16.3 Å². The Labute approximate surface area is 168 Å². The number of esters is 3. The Hall–Kier alpha value is -3.38. The molecule has 0 aliphatic rings. The van der Waals surface area contributed by atoms with Crippen LogP contribution in [0.4, 0.5) is 8.78 Å². The van der Waals surface area contributed by atoms with Gasteiger partial charge in [-0.05, 0) is 19.1 Å². The number of alkyl halides is 2. The Bertz CT molecular complexity index is 1140. The normalized spacial score (nSPS) is 11.6. The fraction of sp³-hybridized carbons (Fsp3) is 0.167. The molecule has 0 bridgehead atoms. The number of halogens is 2. The average molecular weight is 444 g/mol. The van der Waals surface area contributed by atoms with E-state index in [1.807, 2.05) is 0 Å². The van der Waals surface area contributed by atoms with Gasteiger partial charge in [0.25, 0.3) is 0 Å². The van der Waals surface area contributed by atoms with E-state index in [1.54, 1.807) is 0 Å². The van der Waals surface area contributed by atoms with Gasteiger partial charge in [-0.25, -0.2) is 14.4 Å². The number of hydrogen-bond acceptors (Lipinski definition) is 8. The maximum atomic E-state index is 13.4. The van der Waals surface area contributed by atoms with Gasteiger partial charge in [0.1, 0.15) is 11.5 Å². The summed E-state index contributed by atoms with van der Waals surface area (Å²) in [6.07, 6.45) is 0. The van der Waals surface area contributed by atoms with Crippen molar-refractivity contribution in [3.05, 3.63) is 48.6 Å². The molecule has 9 nitrogen and oxygen atoms in total. The second-order valence-corrected chi connectivity index (χ2v) is 7.28. The van der Waals surface area contributed by atoms with Crippen molar-refractivity contribution in [1.82, 2.24) is 0 Å². The van der Waals surface area contributed by atoms with Crippen molar-refractivity contribution in [1.29, 1.82) is 0 Å². The highest BCUT2D eigenvalue weighted by atomic mass is 32.2. The van der Waals surface area contributed by atoms with Crippen LogP contribution in [0.1, 0.15) is 6.92 Å². The van der Waals surface area contributed by atoms with Crippen molar-refractivity contribution < 1.29 is 50.3 Å². The second kappa shape index (κ2) is 8.55. The quantitative estimate of drug-likeness (QED) is 0.295. The number of carbonyl (C=O) groups excluding carboxylic acids is 3. The first kappa shape index (κ1) is 22.9. The first-order valence-corrected chi connectivity index (χ1v) is 9.40. The summed E-state index contributed by atoms with van der Waals surface area (Å²) in [5, 5.41) is -5.04. The Morgan fingerprint density at radius 2 is 1.53 bits per heavy atom. The largest absolute Gasteiger partial charge is 0.466 e. The van der Waals surface area contributed by atoms with Gasteiger partial charge in [-0.15, -0.1) is 0 Å². The van der Waals surface area contributed by atoms with Crippen LogP contribution in [-0.2, 0) is 29.2 Å². The van der Waals surface area contributed by atoms with Crippen LogP contribution in [-0.4, -0.2) is 42.7 Å². The minimum absolute atomic E-state index is 0.0150. The van der Waals surface area contributed by atoms with E-state index < -0.39 is 45.6 Å². The zero-order valence-electron chi connectivity index (χ0n) is 15.3. The van der Waals surface area contributed by atoms with Gasteiger partial charge in [0.15, 0.2) is 6.61 Å². The molecule has 0 atom stereocenters. The Morgan fingerprint density at radius 3 is 2.00 bits per heavy atom. The minimum atomic E-state index is -6.04. The van der Waals surface area contributed by atoms with E-state index in [-0.39, 0.29) is 22.1 Å². The van der Waals surface area contributed by atoms with E-state index >= 15 is 0 Å². The fourth-order valence-electron chi connectivity index (χ4n) is 2.09. The number of rotatable bonds is 7. The molecule has 160 valence electrons. The van der Waals surface area contributed by atoms with Gasteiger partial charge >= 0.3 is 33.3 Å². The molecule has 0 aromatic heterocycles. The lowest BCUT2D eigenvalue weighted by Crippen LogP contribution is -2.40. The van der Waals surface area contributed by atoms with Crippen LogP contribution >= 0.6 is 0 Å². The smallest absolute Gasteiger partial charge is 0.450 e. The maximum Gasteiger partial charge on any atom is 0.466 e. The van der Waals surface area contributed by atoms with Crippen molar-refractivity contribution in [2.75, 3.05) is 6.61 Å². The zero-order chi connectivity index (χ0) is 22.7. The highest BCUT2D eigenvalue weighted by Crippen LogP contribution is 2.34. The van der Waals surface area contributed by atoms with Gasteiger partial charge in [-0.3, -0.25) is 4.55 Å². The Kier molecular flexibility index (Phi) is 6.53. The lowest BCUT2D eigenvalue weighted by atomic mass is 10.1. The molecular formula is C18H14F2O9S. The number of ether oxygens (including phenoxy) is 3. The molecular weight excluding hydrogens is 430 g/mol. The number of carbonyl (C=O) groups is 3. The summed E-state index contributed by atoms with van der Waals surface area (Å²) in [6.45, 7) is 4.01. The third kappa shape index (κ3) is 4.96. The Balaban J connectivity index is 2.29. The van der Waals surface area contributed by atoms with Crippen molar-refractivity contribution in [3.8, 4) is 11.5 Å². The van der Waals surface area contributed by atoms with Gasteiger partial charge < -0.3 is 14.2 Å². The van der Waals surface area contributed by atoms with Gasteiger partial charge in [-0.2, -0.15) is 17.2 Å². The maximum absolute atomic E-state index is 13.4. The third-order valence-corrected chi connectivity index (χ3v) is 4.32. The average Bonchev–Trinajstić information content (AvgIpc) is 2.66. The molecule has 0 heterocycles. The van der Waals surface area contributed by atoms with E-state index in [0.717, 1.165) is 12.1 Å². The van der Waals surface area contributed by atoms with E-state index in [9.17, 15) is 31.6 Å². The molecule has 0 amide bonds. The van der Waals surface area contributed by atoms with Crippen LogP contribution in [0, 0.1) is 0 Å². The first-order valence-electron chi connectivity index (χ1n) is 7.96. The predicted molar refractivity (Wildman–Crippen MR) is 97.5 cm³/mol. The van der Waals surface area contributed by atoms with Crippen molar-refractivity contribution in [3.63, 3.8) is 0 Å². The molecule has 0 saturated carbocycles. The summed E-state index contributed by atoms with van der Waals surface area (Å²) in [5.74, 6) is -4.85. The predicted octanol–water partition coefficient (Wildman–Crippen LogP) is 2.25. The van der Waals surface area contributed by atoms with Crippen LogP contribution in [0.2, 0.25) is 0 Å². The lowest BCUT2D eigenvalue weighted by molar-refractivity contribution is -0.151. The van der Waals surface area contributed by atoms with Gasteiger partial charge in [-0.1, -0.05) is 30.8 Å². The third-order valence-electron chi connectivity index (χ3n) is 3.50. The molecule has 1 N–H and O–H groups in total. The van der Waals surface area contributed by atoms with Crippen molar-refractivity contribution in [2.45, 2.75) is 12.2 Å². The summed E-state index contributed by atoms with van der Waals surface area (Å²) in [5.41, 5.74) is 0.0705. The monoisotopic (exact) mass is 444 g/mol. The highest BCUT2D eigenvalue weighted by Gasteiger charge is 2.54. The summed E-state index contributed by atoms with van der Waals surface area (Å²) in [6, 6.07) is 7.73. The molecule has 0 aliphatic heterocycles. The number of hydrogen-bond donors (Lipinski definition) is 1. The standard InChI is InChI=1S/C18H14F2O9S/c1-10(2)16(22)27-9-15(21)28-13-7-8-14(12-6-4-3-5-11(12)13)29-17(23)18(19,20)30(24,25)26/h3-8H,1,9H2,2H3,(H,24,25,26). The summed E-state index contributed by atoms with van der Waals surface area (Å²) < 4.78 is 70.9. The molecule has 0 unspecified atom stereocenters. The SMILES string of the molecule is C=C(C)C(=O)OCC(=O)Oc1ccc(OC(=O)C(F)(F)S(=O)(=O)O)c2ccccc12. The molecule has 0 fully saturated rings. The van der Waals surface area contributed by atoms with Crippen LogP contribution < -0.4 is 9.47 Å². The van der Waals surface area contributed by atoms with Crippen LogP contribution in [0.15, 0.2) is 48.6 Å². The summed E-state index contributed by atoms with van der Waals surface area (Å²) in [7, 11) is -6.04. The Morgan fingerprint density at radius 1 is 1.03 bits per heavy atom. The summed E-state index contributed by atoms with van der Waals surface area (Å²) in [4.78, 5) is 34.7. The molecule has 12 heteroatoms. The molecule has 30 heavy (non-hydrogen) atoms. The van der Waals surface area contributed by atoms with Crippen LogP contribution in [0.3, 0.4) is 0 Å². The van der Waals surface area contributed by atoms with E-state index in [1.165, 1.54) is 31.2 Å². The number of benzene rings is 2. The molecule has 2 aromatic rings. The van der Waals surface area contributed by atoms with Crippen molar-refractivity contribution >= 4 is 38.8 Å².